The number of rotatable bonds is 6. The summed E-state index contributed by atoms with van der Waals surface area (Å²) in [6.07, 6.45) is -0.613. The number of hydrogen-bond acceptors (Lipinski definition) is 5. The van der Waals surface area contributed by atoms with E-state index in [9.17, 15) is 4.79 Å². The van der Waals surface area contributed by atoms with Gasteiger partial charge in [0, 0.05) is 12.6 Å². The van der Waals surface area contributed by atoms with E-state index in [4.69, 9.17) is 9.15 Å². The lowest BCUT2D eigenvalue weighted by atomic mass is 10.2. The molecule has 0 aliphatic heterocycles. The van der Waals surface area contributed by atoms with Crippen LogP contribution in [0.3, 0.4) is 0 Å². The predicted molar refractivity (Wildman–Crippen MR) is 97.5 cm³/mol. The van der Waals surface area contributed by atoms with Gasteiger partial charge in [0.1, 0.15) is 5.75 Å². The van der Waals surface area contributed by atoms with Crippen LogP contribution in [0.15, 0.2) is 59.0 Å². The fourth-order valence-electron chi connectivity index (χ4n) is 2.54. The van der Waals surface area contributed by atoms with Crippen molar-refractivity contribution in [3.63, 3.8) is 0 Å². The number of hydrogen-bond donors (Lipinski definition) is 0. The Morgan fingerprint density at radius 2 is 1.81 bits per heavy atom. The molecule has 1 aromatic heterocycles. The number of carbonyl (C=O) groups excluding carboxylic acids is 1. The first kappa shape index (κ1) is 17.7. The van der Waals surface area contributed by atoms with Crippen molar-refractivity contribution in [1.29, 1.82) is 0 Å². The van der Waals surface area contributed by atoms with Crippen molar-refractivity contribution in [2.45, 2.75) is 26.5 Å². The highest BCUT2D eigenvalue weighted by Crippen LogP contribution is 2.20. The summed E-state index contributed by atoms with van der Waals surface area (Å²) in [6, 6.07) is 17.1. The lowest BCUT2D eigenvalue weighted by Crippen LogP contribution is -2.37. The molecule has 0 fully saturated rings. The van der Waals surface area contributed by atoms with Gasteiger partial charge < -0.3 is 14.1 Å². The van der Waals surface area contributed by atoms with Crippen LogP contribution in [0.2, 0.25) is 0 Å². The van der Waals surface area contributed by atoms with Gasteiger partial charge in [0.25, 0.3) is 5.91 Å². The van der Waals surface area contributed by atoms with Crippen molar-refractivity contribution in [2.75, 3.05) is 7.05 Å². The van der Waals surface area contributed by atoms with Crippen LogP contribution in [0, 0.1) is 6.92 Å². The molecule has 1 heterocycles. The second kappa shape index (κ2) is 7.82. The molecule has 2 aromatic carbocycles. The molecular weight excluding hydrogens is 330 g/mol. The highest BCUT2D eigenvalue weighted by atomic mass is 16.5. The number of aryl methyl sites for hydroxylation is 1. The van der Waals surface area contributed by atoms with Gasteiger partial charge in [-0.3, -0.25) is 4.79 Å². The fraction of sp³-hybridized carbons (Fsp3) is 0.250. The van der Waals surface area contributed by atoms with E-state index in [1.165, 1.54) is 4.90 Å². The molecule has 0 aliphatic carbocycles. The Kier molecular flexibility index (Phi) is 5.31. The Morgan fingerprint density at radius 3 is 2.54 bits per heavy atom. The van der Waals surface area contributed by atoms with Gasteiger partial charge >= 0.3 is 0 Å². The van der Waals surface area contributed by atoms with Crippen molar-refractivity contribution < 1.29 is 13.9 Å². The van der Waals surface area contributed by atoms with E-state index in [0.717, 1.165) is 11.1 Å². The number of benzene rings is 2. The zero-order valence-corrected chi connectivity index (χ0v) is 15.0. The Labute approximate surface area is 152 Å². The van der Waals surface area contributed by atoms with Gasteiger partial charge in [0.2, 0.25) is 11.8 Å². The molecule has 0 N–H and O–H groups in total. The number of carbonyl (C=O) groups is 1. The summed E-state index contributed by atoms with van der Waals surface area (Å²) in [7, 11) is 1.69. The Bertz CT molecular complexity index is 877. The summed E-state index contributed by atoms with van der Waals surface area (Å²) in [4.78, 5) is 14.1. The summed E-state index contributed by atoms with van der Waals surface area (Å²) in [6.45, 7) is 3.90. The summed E-state index contributed by atoms with van der Waals surface area (Å²) >= 11 is 0. The van der Waals surface area contributed by atoms with Crippen molar-refractivity contribution in [3.05, 3.63) is 66.1 Å². The van der Waals surface area contributed by atoms with Crippen molar-refractivity contribution in [3.8, 4) is 17.2 Å². The second-order valence-electron chi connectivity index (χ2n) is 6.09. The van der Waals surface area contributed by atoms with Gasteiger partial charge in [-0.1, -0.05) is 36.4 Å². The van der Waals surface area contributed by atoms with E-state index in [1.54, 1.807) is 14.0 Å². The van der Waals surface area contributed by atoms with Crippen LogP contribution in [0.5, 0.6) is 5.75 Å². The minimum atomic E-state index is -0.613. The maximum absolute atomic E-state index is 12.6. The van der Waals surface area contributed by atoms with Gasteiger partial charge in [-0.15, -0.1) is 10.2 Å². The van der Waals surface area contributed by atoms with Crippen LogP contribution in [-0.2, 0) is 11.3 Å². The normalized spacial score (nSPS) is 11.8. The SMILES string of the molecule is Cc1ccccc1O[C@@H](C)C(=O)N(C)Cc1nnc(-c2ccccc2)o1. The highest BCUT2D eigenvalue weighted by molar-refractivity contribution is 5.80. The Hall–Kier alpha value is -3.15. The number of ether oxygens (including phenoxy) is 1. The van der Waals surface area contributed by atoms with Crippen molar-refractivity contribution in [2.24, 2.45) is 0 Å². The summed E-state index contributed by atoms with van der Waals surface area (Å²) in [5, 5.41) is 8.06. The molecule has 1 atom stereocenters. The molecule has 6 heteroatoms. The van der Waals surface area contributed by atoms with Crippen LogP contribution in [0.1, 0.15) is 18.4 Å². The molecule has 6 nitrogen and oxygen atoms in total. The molecule has 0 unspecified atom stereocenters. The quantitative estimate of drug-likeness (QED) is 0.680. The topological polar surface area (TPSA) is 68.5 Å². The molecule has 134 valence electrons. The van der Waals surface area contributed by atoms with Crippen LogP contribution in [-0.4, -0.2) is 34.2 Å². The number of amides is 1. The average Bonchev–Trinajstić information content (AvgIpc) is 3.12. The minimum Gasteiger partial charge on any atom is -0.481 e. The molecule has 3 aromatic rings. The molecule has 26 heavy (non-hydrogen) atoms. The number of nitrogens with zero attached hydrogens (tertiary/aromatic N) is 3. The van der Waals surface area contributed by atoms with Crippen LogP contribution in [0.25, 0.3) is 11.5 Å². The third-order valence-electron chi connectivity index (χ3n) is 3.98. The molecule has 0 bridgehead atoms. The molecule has 3 rings (SSSR count). The third kappa shape index (κ3) is 4.08. The zero-order chi connectivity index (χ0) is 18.5. The second-order valence-corrected chi connectivity index (χ2v) is 6.09. The molecule has 0 radical (unpaired) electrons. The van der Waals surface area contributed by atoms with Gasteiger partial charge in [-0.25, -0.2) is 0 Å². The van der Waals surface area contributed by atoms with Crippen LogP contribution in [0.4, 0.5) is 0 Å². The largest absolute Gasteiger partial charge is 0.481 e. The van der Waals surface area contributed by atoms with Gasteiger partial charge in [-0.2, -0.15) is 0 Å². The standard InChI is InChI=1S/C20H21N3O3/c1-14-9-7-8-12-17(14)25-15(2)20(24)23(3)13-18-21-22-19(26-18)16-10-5-4-6-11-16/h4-12,15H,13H2,1-3H3/t15-/m0/s1. The van der Waals surface area contributed by atoms with Gasteiger partial charge in [0.15, 0.2) is 6.10 Å². The molecule has 0 spiro atoms. The van der Waals surface area contributed by atoms with Crippen molar-refractivity contribution >= 4 is 5.91 Å². The highest BCUT2D eigenvalue weighted by Gasteiger charge is 2.21. The lowest BCUT2D eigenvalue weighted by Gasteiger charge is -2.21. The Balaban J connectivity index is 1.62. The number of para-hydroxylation sites is 1. The summed E-state index contributed by atoms with van der Waals surface area (Å²) in [5.74, 6) is 1.35. The average molecular weight is 351 g/mol. The van der Waals surface area contributed by atoms with E-state index in [1.807, 2.05) is 61.5 Å². The maximum Gasteiger partial charge on any atom is 0.263 e. The fourth-order valence-corrected chi connectivity index (χ4v) is 2.54. The van der Waals surface area contributed by atoms with E-state index in [0.29, 0.717) is 17.5 Å². The third-order valence-corrected chi connectivity index (χ3v) is 3.98. The van der Waals surface area contributed by atoms with E-state index in [-0.39, 0.29) is 12.5 Å². The monoisotopic (exact) mass is 351 g/mol. The van der Waals surface area contributed by atoms with Crippen molar-refractivity contribution in [1.82, 2.24) is 15.1 Å². The lowest BCUT2D eigenvalue weighted by molar-refractivity contribution is -0.137. The summed E-state index contributed by atoms with van der Waals surface area (Å²) < 4.78 is 11.4. The number of likely N-dealkylation sites (N-methyl/N-ethyl adjacent to an activating group) is 1. The van der Waals surface area contributed by atoms with E-state index < -0.39 is 6.10 Å². The smallest absolute Gasteiger partial charge is 0.263 e. The molecule has 0 saturated heterocycles. The van der Waals surface area contributed by atoms with E-state index >= 15 is 0 Å². The molecular formula is C20H21N3O3. The molecule has 1 amide bonds. The first-order chi connectivity index (χ1) is 12.5. The molecule has 0 aliphatic rings. The van der Waals surface area contributed by atoms with Crippen LogP contribution >= 0.6 is 0 Å². The van der Waals surface area contributed by atoms with Gasteiger partial charge in [-0.05, 0) is 37.6 Å². The predicted octanol–water partition coefficient (Wildman–Crippen LogP) is 3.47. The first-order valence-electron chi connectivity index (χ1n) is 8.39. The van der Waals surface area contributed by atoms with Gasteiger partial charge in [0.05, 0.1) is 6.54 Å². The maximum atomic E-state index is 12.6. The minimum absolute atomic E-state index is 0.160. The zero-order valence-electron chi connectivity index (χ0n) is 15.0. The molecule has 0 saturated carbocycles. The van der Waals surface area contributed by atoms with Crippen LogP contribution < -0.4 is 4.74 Å². The first-order valence-corrected chi connectivity index (χ1v) is 8.39. The van der Waals surface area contributed by atoms with E-state index in [2.05, 4.69) is 10.2 Å². The Morgan fingerprint density at radius 1 is 1.12 bits per heavy atom. The number of aromatic nitrogens is 2. The summed E-state index contributed by atoms with van der Waals surface area (Å²) in [5.41, 5.74) is 1.83.